The van der Waals surface area contributed by atoms with E-state index in [4.69, 9.17) is 9.25 Å². The van der Waals surface area contributed by atoms with Gasteiger partial charge in [0.15, 0.2) is 21.2 Å². The third-order valence-electron chi connectivity index (χ3n) is 4.76. The number of sulfone groups is 1. The fraction of sp³-hybridized carbons (Fsp3) is 0.200. The van der Waals surface area contributed by atoms with E-state index in [0.29, 0.717) is 22.4 Å². The summed E-state index contributed by atoms with van der Waals surface area (Å²) in [7, 11) is -3.58. The third kappa shape index (κ3) is 3.18. The quantitative estimate of drug-likeness (QED) is 0.671. The number of aromatic nitrogens is 1. The molecule has 1 aliphatic rings. The van der Waals surface area contributed by atoms with Gasteiger partial charge in [-0.2, -0.15) is 0 Å². The second-order valence-electron chi connectivity index (χ2n) is 6.85. The van der Waals surface area contributed by atoms with E-state index in [1.54, 1.807) is 26.0 Å². The molecule has 9 heteroatoms. The zero-order valence-electron chi connectivity index (χ0n) is 15.9. The van der Waals surface area contributed by atoms with E-state index in [1.807, 2.05) is 0 Å². The van der Waals surface area contributed by atoms with Crippen molar-refractivity contribution in [2.24, 2.45) is 0 Å². The first-order chi connectivity index (χ1) is 13.7. The van der Waals surface area contributed by atoms with Crippen LogP contribution in [0.3, 0.4) is 0 Å². The highest BCUT2D eigenvalue weighted by molar-refractivity contribution is 7.90. The molecule has 0 amide bonds. The number of hydrogen-bond donors (Lipinski definition) is 2. The highest BCUT2D eigenvalue weighted by atomic mass is 32.2. The van der Waals surface area contributed by atoms with Crippen LogP contribution in [-0.4, -0.2) is 30.9 Å². The van der Waals surface area contributed by atoms with Gasteiger partial charge in [-0.1, -0.05) is 6.07 Å². The van der Waals surface area contributed by atoms with Gasteiger partial charge in [-0.05, 0) is 49.2 Å². The first-order valence-corrected chi connectivity index (χ1v) is 10.7. The maximum absolute atomic E-state index is 12.6. The highest BCUT2D eigenvalue weighted by Gasteiger charge is 2.27. The van der Waals surface area contributed by atoms with Crippen molar-refractivity contribution < 1.29 is 22.8 Å². The van der Waals surface area contributed by atoms with Crippen LogP contribution < -0.4 is 11.1 Å². The molecule has 2 N–H and O–H groups in total. The Bertz CT molecular complexity index is 1340. The smallest absolute Gasteiger partial charge is 0.348 e. The van der Waals surface area contributed by atoms with Gasteiger partial charge in [0.25, 0.3) is 0 Å². The monoisotopic (exact) mass is 414 g/mol. The number of benzene rings is 1. The number of aromatic hydroxyl groups is 1. The lowest BCUT2D eigenvalue weighted by atomic mass is 9.94. The molecule has 0 saturated carbocycles. The molecule has 4 rings (SSSR count). The molecule has 1 aromatic carbocycles. The summed E-state index contributed by atoms with van der Waals surface area (Å²) in [5.41, 5.74) is 3.87. The van der Waals surface area contributed by atoms with Gasteiger partial charge < -0.3 is 9.52 Å². The van der Waals surface area contributed by atoms with E-state index in [2.05, 4.69) is 10.5 Å². The number of nitrogens with one attached hydrogen (secondary N) is 1. The van der Waals surface area contributed by atoms with Gasteiger partial charge >= 0.3 is 5.63 Å². The Labute approximate surface area is 166 Å². The average molecular weight is 414 g/mol. The van der Waals surface area contributed by atoms with E-state index >= 15 is 0 Å². The van der Waals surface area contributed by atoms with Gasteiger partial charge in [0.05, 0.1) is 10.6 Å². The second kappa shape index (κ2) is 6.71. The van der Waals surface area contributed by atoms with Crippen molar-refractivity contribution in [3.8, 4) is 16.9 Å². The Morgan fingerprint density at radius 2 is 1.97 bits per heavy atom. The van der Waals surface area contributed by atoms with Crippen molar-refractivity contribution in [2.45, 2.75) is 24.8 Å². The fourth-order valence-corrected chi connectivity index (χ4v) is 4.40. The molecular weight excluding hydrogens is 396 g/mol. The summed E-state index contributed by atoms with van der Waals surface area (Å²) in [5, 5.41) is 10.7. The maximum Gasteiger partial charge on any atom is 0.348 e. The SMILES string of the molecule is Cc1c(-c2c(O)c3ncccc3oc2=O)ccc(S(C)(=O)=O)c1C1=CC(C)ON1. The van der Waals surface area contributed by atoms with Crippen LogP contribution in [0.15, 0.2) is 50.6 Å². The topological polar surface area (TPSA) is 119 Å². The van der Waals surface area contributed by atoms with E-state index in [9.17, 15) is 18.3 Å². The van der Waals surface area contributed by atoms with Crippen LogP contribution >= 0.6 is 0 Å². The zero-order chi connectivity index (χ0) is 20.9. The normalized spacial score (nSPS) is 16.7. The average Bonchev–Trinajstić information content (AvgIpc) is 3.08. The van der Waals surface area contributed by atoms with Crippen LogP contribution in [0.4, 0.5) is 0 Å². The molecule has 0 spiro atoms. The van der Waals surface area contributed by atoms with Crippen LogP contribution in [0.5, 0.6) is 5.75 Å². The molecule has 2 aromatic heterocycles. The number of hydrogen-bond acceptors (Lipinski definition) is 8. The molecule has 1 aliphatic heterocycles. The molecule has 1 unspecified atom stereocenters. The first-order valence-electron chi connectivity index (χ1n) is 8.77. The summed E-state index contributed by atoms with van der Waals surface area (Å²) in [5.74, 6) is -0.323. The lowest BCUT2D eigenvalue weighted by Crippen LogP contribution is -2.14. The van der Waals surface area contributed by atoms with Crippen molar-refractivity contribution in [1.29, 1.82) is 0 Å². The summed E-state index contributed by atoms with van der Waals surface area (Å²) < 4.78 is 30.0. The number of rotatable bonds is 3. The Morgan fingerprint density at radius 1 is 1.21 bits per heavy atom. The molecule has 8 nitrogen and oxygen atoms in total. The highest BCUT2D eigenvalue weighted by Crippen LogP contribution is 2.38. The van der Waals surface area contributed by atoms with Gasteiger partial charge in [-0.3, -0.25) is 10.3 Å². The molecule has 0 radical (unpaired) electrons. The lowest BCUT2D eigenvalue weighted by Gasteiger charge is -2.17. The summed E-state index contributed by atoms with van der Waals surface area (Å²) in [6.07, 6.45) is 4.06. The van der Waals surface area contributed by atoms with Crippen molar-refractivity contribution in [1.82, 2.24) is 10.5 Å². The van der Waals surface area contributed by atoms with Gasteiger partial charge in [0.2, 0.25) is 0 Å². The molecule has 1 atom stereocenters. The number of fused-ring (bicyclic) bond motifs is 1. The summed E-state index contributed by atoms with van der Waals surface area (Å²) in [6.45, 7) is 3.47. The summed E-state index contributed by atoms with van der Waals surface area (Å²) in [6, 6.07) is 6.01. The van der Waals surface area contributed by atoms with Crippen molar-refractivity contribution in [3.63, 3.8) is 0 Å². The van der Waals surface area contributed by atoms with Crippen molar-refractivity contribution in [3.05, 3.63) is 58.1 Å². The Balaban J connectivity index is 2.06. The minimum atomic E-state index is -3.58. The van der Waals surface area contributed by atoms with Crippen molar-refractivity contribution >= 4 is 26.6 Å². The molecule has 0 bridgehead atoms. The molecule has 0 fully saturated rings. The molecule has 0 saturated heterocycles. The zero-order valence-corrected chi connectivity index (χ0v) is 16.7. The minimum absolute atomic E-state index is 0.0810. The van der Waals surface area contributed by atoms with Crippen LogP contribution in [0.1, 0.15) is 18.1 Å². The molecule has 3 heterocycles. The van der Waals surface area contributed by atoms with Gasteiger partial charge in [-0.15, -0.1) is 0 Å². The van der Waals surface area contributed by atoms with Crippen molar-refractivity contribution in [2.75, 3.05) is 6.26 Å². The van der Waals surface area contributed by atoms with E-state index < -0.39 is 15.5 Å². The molecule has 3 aromatic rings. The van der Waals surface area contributed by atoms with Crippen LogP contribution in [0.25, 0.3) is 27.9 Å². The number of hydroxylamine groups is 1. The van der Waals surface area contributed by atoms with Crippen LogP contribution in [-0.2, 0) is 14.7 Å². The number of pyridine rings is 1. The molecule has 0 aliphatic carbocycles. The standard InChI is InChI=1S/C20H18N2O6S/c1-10-9-13(22-28-10)16-11(2)12(6-7-15(16)29(3,25)26)17-19(23)18-14(27-20(17)24)5-4-8-21-18/h4-10,22-23H,1-3H3. The minimum Gasteiger partial charge on any atom is -0.505 e. The molecular formula is C20H18N2O6S. The van der Waals surface area contributed by atoms with E-state index in [0.717, 1.165) is 6.26 Å². The van der Waals surface area contributed by atoms with Crippen LogP contribution in [0, 0.1) is 6.92 Å². The predicted octanol–water partition coefficient (Wildman–Crippen LogP) is 2.54. The predicted molar refractivity (Wildman–Crippen MR) is 107 cm³/mol. The third-order valence-corrected chi connectivity index (χ3v) is 5.90. The van der Waals surface area contributed by atoms with Crippen LogP contribution in [0.2, 0.25) is 0 Å². The maximum atomic E-state index is 12.6. The molecule has 150 valence electrons. The largest absolute Gasteiger partial charge is 0.505 e. The van der Waals surface area contributed by atoms with Gasteiger partial charge in [0.1, 0.15) is 17.2 Å². The van der Waals surface area contributed by atoms with Gasteiger partial charge in [-0.25, -0.2) is 18.2 Å². The lowest BCUT2D eigenvalue weighted by molar-refractivity contribution is 0.0624. The molecule has 29 heavy (non-hydrogen) atoms. The van der Waals surface area contributed by atoms with Gasteiger partial charge in [0, 0.05) is 18.0 Å². The Morgan fingerprint density at radius 3 is 2.62 bits per heavy atom. The Kier molecular flexibility index (Phi) is 4.44. The number of nitrogens with zero attached hydrogens (tertiary/aromatic N) is 1. The second-order valence-corrected chi connectivity index (χ2v) is 8.84. The fourth-order valence-electron chi connectivity index (χ4n) is 3.45. The summed E-state index contributed by atoms with van der Waals surface area (Å²) in [4.78, 5) is 22.1. The van der Waals surface area contributed by atoms with E-state index in [1.165, 1.54) is 24.4 Å². The first kappa shape index (κ1) is 19.2. The van der Waals surface area contributed by atoms with E-state index in [-0.39, 0.29) is 33.4 Å². The summed E-state index contributed by atoms with van der Waals surface area (Å²) >= 11 is 0. The Hall–Kier alpha value is -3.17.